The summed E-state index contributed by atoms with van der Waals surface area (Å²) in [4.78, 5) is 12.3. The van der Waals surface area contributed by atoms with E-state index in [1.807, 2.05) is 0 Å². The molecule has 0 unspecified atom stereocenters. The van der Waals surface area contributed by atoms with Crippen LogP contribution in [0.15, 0.2) is 10.6 Å². The van der Waals surface area contributed by atoms with E-state index in [1.165, 1.54) is 0 Å². The Morgan fingerprint density at radius 2 is 2.07 bits per heavy atom. The Balaban J connectivity index is 1.53. The Morgan fingerprint density at radius 3 is 2.67 bits per heavy atom. The summed E-state index contributed by atoms with van der Waals surface area (Å²) in [5.74, 6) is -0.319. The molecule has 2 aliphatic rings. The molecule has 7 nitrogen and oxygen atoms in total. The van der Waals surface area contributed by atoms with Gasteiger partial charge in [-0.3, -0.25) is 4.79 Å². The van der Waals surface area contributed by atoms with Crippen LogP contribution in [0.3, 0.4) is 0 Å². The zero-order valence-corrected chi connectivity index (χ0v) is 15.6. The fourth-order valence-corrected chi connectivity index (χ4v) is 5.01. The normalized spacial score (nSPS) is 24.7. The van der Waals surface area contributed by atoms with Crippen LogP contribution in [-0.2, 0) is 10.0 Å². The van der Waals surface area contributed by atoms with Gasteiger partial charge in [-0.25, -0.2) is 8.42 Å². The molecule has 152 valence electrons. The van der Waals surface area contributed by atoms with Crippen molar-refractivity contribution < 1.29 is 30.9 Å². The lowest BCUT2D eigenvalue weighted by atomic mass is 10.0. The number of halogens is 3. The maximum absolute atomic E-state index is 12.3. The number of hydrogen-bond acceptors (Lipinski definition) is 5. The van der Waals surface area contributed by atoms with E-state index in [1.54, 1.807) is 13.0 Å². The SMILES string of the molecule is C[C@@H]1C[C@H](NC(=O)c2cc(C3CC3)on2)CCN1S(=O)(=O)CCC(F)(F)F. The van der Waals surface area contributed by atoms with Gasteiger partial charge in [0.1, 0.15) is 5.76 Å². The van der Waals surface area contributed by atoms with E-state index in [2.05, 4.69) is 10.5 Å². The Labute approximate surface area is 155 Å². The number of amides is 1. The lowest BCUT2D eigenvalue weighted by Crippen LogP contribution is -2.51. The summed E-state index contributed by atoms with van der Waals surface area (Å²) in [6.07, 6.45) is -3.18. The molecular weight excluding hydrogens is 387 g/mol. The van der Waals surface area contributed by atoms with E-state index in [-0.39, 0.29) is 18.3 Å². The summed E-state index contributed by atoms with van der Waals surface area (Å²) < 4.78 is 67.6. The minimum Gasteiger partial charge on any atom is -0.360 e. The lowest BCUT2D eigenvalue weighted by molar-refractivity contribution is -0.130. The molecule has 1 amide bonds. The molecule has 1 aromatic heterocycles. The monoisotopic (exact) mass is 409 g/mol. The molecule has 11 heteroatoms. The van der Waals surface area contributed by atoms with Crippen molar-refractivity contribution in [2.45, 2.75) is 63.2 Å². The van der Waals surface area contributed by atoms with Crippen molar-refractivity contribution >= 4 is 15.9 Å². The zero-order valence-electron chi connectivity index (χ0n) is 14.8. The number of carbonyl (C=O) groups is 1. The van der Waals surface area contributed by atoms with Gasteiger partial charge in [-0.1, -0.05) is 5.16 Å². The molecule has 2 heterocycles. The zero-order chi connectivity index (χ0) is 19.8. The molecule has 1 saturated carbocycles. The van der Waals surface area contributed by atoms with Crippen LogP contribution in [-0.4, -0.2) is 54.3 Å². The molecule has 27 heavy (non-hydrogen) atoms. The van der Waals surface area contributed by atoms with Crippen molar-refractivity contribution in [1.29, 1.82) is 0 Å². The molecule has 0 spiro atoms. The number of carbonyl (C=O) groups excluding carboxylic acids is 1. The third-order valence-corrected chi connectivity index (χ3v) is 6.87. The second-order valence-electron chi connectivity index (χ2n) is 7.22. The van der Waals surface area contributed by atoms with E-state index >= 15 is 0 Å². The molecule has 1 N–H and O–H groups in total. The van der Waals surface area contributed by atoms with Crippen molar-refractivity contribution in [3.63, 3.8) is 0 Å². The van der Waals surface area contributed by atoms with Crippen LogP contribution in [0, 0.1) is 0 Å². The average Bonchev–Trinajstić information content (AvgIpc) is 3.29. The van der Waals surface area contributed by atoms with Gasteiger partial charge in [0, 0.05) is 30.6 Å². The summed E-state index contributed by atoms with van der Waals surface area (Å²) in [7, 11) is -4.00. The molecule has 1 aliphatic carbocycles. The van der Waals surface area contributed by atoms with Crippen LogP contribution in [0.4, 0.5) is 13.2 Å². The minimum atomic E-state index is -4.51. The van der Waals surface area contributed by atoms with Crippen LogP contribution < -0.4 is 5.32 Å². The number of alkyl halides is 3. The minimum absolute atomic E-state index is 0.0679. The average molecular weight is 409 g/mol. The van der Waals surface area contributed by atoms with E-state index in [4.69, 9.17) is 4.52 Å². The second kappa shape index (κ2) is 7.42. The smallest absolute Gasteiger partial charge is 0.360 e. The molecule has 2 fully saturated rings. The van der Waals surface area contributed by atoms with Gasteiger partial charge in [0.05, 0.1) is 12.2 Å². The van der Waals surface area contributed by atoms with E-state index in [9.17, 15) is 26.4 Å². The summed E-state index contributed by atoms with van der Waals surface area (Å²) in [5, 5.41) is 6.57. The summed E-state index contributed by atoms with van der Waals surface area (Å²) in [6.45, 7) is 1.70. The number of sulfonamides is 1. The van der Waals surface area contributed by atoms with Gasteiger partial charge in [0.2, 0.25) is 10.0 Å². The fraction of sp³-hybridized carbons (Fsp3) is 0.750. The molecule has 1 aliphatic heterocycles. The maximum atomic E-state index is 12.3. The first kappa shape index (κ1) is 20.1. The third-order valence-electron chi connectivity index (χ3n) is 4.89. The highest BCUT2D eigenvalue weighted by atomic mass is 32.2. The Kier molecular flexibility index (Phi) is 5.53. The standard InChI is InChI=1S/C16H22F3N3O4S/c1-10-8-12(4-6-22(10)27(24,25)7-5-16(17,18)19)20-15(23)13-9-14(26-21-13)11-2-3-11/h9-12H,2-8H2,1H3,(H,20,23)/t10-,12-/m1/s1. The Hall–Kier alpha value is -1.62. The quantitative estimate of drug-likeness (QED) is 0.779. The summed E-state index contributed by atoms with van der Waals surface area (Å²) >= 11 is 0. The van der Waals surface area contributed by atoms with E-state index in [0.29, 0.717) is 24.5 Å². The summed E-state index contributed by atoms with van der Waals surface area (Å²) in [6, 6.07) is 0.844. The molecule has 0 radical (unpaired) electrons. The molecular formula is C16H22F3N3O4S. The van der Waals surface area contributed by atoms with Gasteiger partial charge >= 0.3 is 6.18 Å². The largest absolute Gasteiger partial charge is 0.390 e. The maximum Gasteiger partial charge on any atom is 0.390 e. The predicted molar refractivity (Wildman–Crippen MR) is 89.6 cm³/mol. The number of nitrogens with one attached hydrogen (secondary N) is 1. The first-order valence-electron chi connectivity index (χ1n) is 8.89. The molecule has 2 atom stereocenters. The Bertz CT molecular complexity index is 789. The number of rotatable bonds is 6. The predicted octanol–water partition coefficient (Wildman–Crippen LogP) is 2.42. The lowest BCUT2D eigenvalue weighted by Gasteiger charge is -2.36. The van der Waals surface area contributed by atoms with Crippen molar-refractivity contribution in [2.24, 2.45) is 0 Å². The van der Waals surface area contributed by atoms with Gasteiger partial charge in [0.25, 0.3) is 5.91 Å². The summed E-state index contributed by atoms with van der Waals surface area (Å²) in [5.41, 5.74) is 0.185. The topological polar surface area (TPSA) is 92.5 Å². The van der Waals surface area contributed by atoms with Crippen LogP contribution >= 0.6 is 0 Å². The molecule has 1 aromatic rings. The van der Waals surface area contributed by atoms with E-state index in [0.717, 1.165) is 17.1 Å². The molecule has 1 saturated heterocycles. The van der Waals surface area contributed by atoms with Crippen LogP contribution in [0.25, 0.3) is 0 Å². The van der Waals surface area contributed by atoms with Gasteiger partial charge in [-0.05, 0) is 32.6 Å². The van der Waals surface area contributed by atoms with E-state index < -0.39 is 40.3 Å². The molecule has 3 rings (SSSR count). The van der Waals surface area contributed by atoms with Crippen LogP contribution in [0.5, 0.6) is 0 Å². The molecule has 0 aromatic carbocycles. The van der Waals surface area contributed by atoms with Crippen molar-refractivity contribution in [3.05, 3.63) is 17.5 Å². The van der Waals surface area contributed by atoms with Gasteiger partial charge in [-0.2, -0.15) is 17.5 Å². The first-order chi connectivity index (χ1) is 12.5. The van der Waals surface area contributed by atoms with Crippen molar-refractivity contribution in [3.8, 4) is 0 Å². The highest BCUT2D eigenvalue weighted by Gasteiger charge is 2.37. The van der Waals surface area contributed by atoms with Crippen molar-refractivity contribution in [2.75, 3.05) is 12.3 Å². The van der Waals surface area contributed by atoms with Gasteiger partial charge < -0.3 is 9.84 Å². The third kappa shape index (κ3) is 5.22. The first-order valence-corrected chi connectivity index (χ1v) is 10.5. The second-order valence-corrected chi connectivity index (χ2v) is 9.27. The highest BCUT2D eigenvalue weighted by molar-refractivity contribution is 7.89. The van der Waals surface area contributed by atoms with Gasteiger partial charge in [-0.15, -0.1) is 0 Å². The van der Waals surface area contributed by atoms with Gasteiger partial charge in [0.15, 0.2) is 5.69 Å². The van der Waals surface area contributed by atoms with Crippen molar-refractivity contribution in [1.82, 2.24) is 14.8 Å². The molecule has 0 bridgehead atoms. The number of piperidine rings is 1. The fourth-order valence-electron chi connectivity index (χ4n) is 3.27. The number of nitrogens with zero attached hydrogens (tertiary/aromatic N) is 2. The number of hydrogen-bond donors (Lipinski definition) is 1. The van der Waals surface area contributed by atoms with Crippen LogP contribution in [0.2, 0.25) is 0 Å². The number of aromatic nitrogens is 1. The highest BCUT2D eigenvalue weighted by Crippen LogP contribution is 2.40. The Morgan fingerprint density at radius 1 is 1.37 bits per heavy atom. The van der Waals surface area contributed by atoms with Crippen LogP contribution in [0.1, 0.15) is 61.2 Å².